The molecule has 10 heteroatoms. The minimum atomic E-state index is -3.93. The monoisotopic (exact) mass is 543 g/mol. The minimum Gasteiger partial charge on any atom is -0.453 e. The highest BCUT2D eigenvalue weighted by molar-refractivity contribution is 7.92. The van der Waals surface area contributed by atoms with Crippen LogP contribution in [0.2, 0.25) is 5.02 Å². The van der Waals surface area contributed by atoms with Crippen LogP contribution >= 0.6 is 22.9 Å². The second kappa shape index (κ2) is 11.3. The van der Waals surface area contributed by atoms with E-state index in [4.69, 9.17) is 16.3 Å². The molecule has 2 aromatic carbocycles. The molecule has 6 nitrogen and oxygen atoms in total. The fourth-order valence-electron chi connectivity index (χ4n) is 3.35. The molecule has 0 atom stereocenters. The van der Waals surface area contributed by atoms with Crippen LogP contribution in [0.5, 0.6) is 11.5 Å². The summed E-state index contributed by atoms with van der Waals surface area (Å²) in [5.41, 5.74) is 0.593. The maximum Gasteiger partial charge on any atom is 0.261 e. The Morgan fingerprint density at radius 1 is 1.11 bits per heavy atom. The van der Waals surface area contributed by atoms with Crippen molar-refractivity contribution in [1.29, 1.82) is 0 Å². The predicted octanol–water partition coefficient (Wildman–Crippen LogP) is 6.38. The van der Waals surface area contributed by atoms with E-state index in [-0.39, 0.29) is 16.3 Å². The predicted molar refractivity (Wildman–Crippen MR) is 143 cm³/mol. The maximum atomic E-state index is 15.1. The fraction of sp³-hybridized carbons (Fsp3) is 0.192. The van der Waals surface area contributed by atoms with E-state index in [9.17, 15) is 8.42 Å². The molecule has 1 N–H and O–H groups in total. The number of pyridine rings is 1. The zero-order valence-electron chi connectivity index (χ0n) is 19.6. The number of sulfonamides is 1. The van der Waals surface area contributed by atoms with Crippen molar-refractivity contribution in [3.63, 3.8) is 0 Å². The number of hydrogen-bond donors (Lipinski definition) is 1. The average molecular weight is 544 g/mol. The summed E-state index contributed by atoms with van der Waals surface area (Å²) < 4.78 is 49.2. The van der Waals surface area contributed by atoms with E-state index in [2.05, 4.69) is 40.3 Å². The maximum absolute atomic E-state index is 15.1. The van der Waals surface area contributed by atoms with E-state index in [1.54, 1.807) is 30.5 Å². The van der Waals surface area contributed by atoms with Gasteiger partial charge in [0.15, 0.2) is 11.6 Å². The molecule has 0 fully saturated rings. The van der Waals surface area contributed by atoms with Crippen LogP contribution in [0.4, 0.5) is 10.1 Å². The summed E-state index contributed by atoms with van der Waals surface area (Å²) in [6.07, 6.45) is 1.57. The van der Waals surface area contributed by atoms with Gasteiger partial charge in [0.05, 0.1) is 32.2 Å². The molecule has 36 heavy (non-hydrogen) atoms. The molecule has 0 bridgehead atoms. The number of thiophene rings is 1. The van der Waals surface area contributed by atoms with Gasteiger partial charge in [-0.3, -0.25) is 14.6 Å². The zero-order valence-corrected chi connectivity index (χ0v) is 22.0. The van der Waals surface area contributed by atoms with Crippen molar-refractivity contribution >= 4 is 48.9 Å². The van der Waals surface area contributed by atoms with Crippen molar-refractivity contribution < 1.29 is 17.5 Å². The minimum absolute atomic E-state index is 0.0367. The zero-order chi connectivity index (χ0) is 25.7. The van der Waals surface area contributed by atoms with E-state index in [1.165, 1.54) is 35.6 Å². The molecular weight excluding hydrogens is 521 g/mol. The number of nitrogens with one attached hydrogen (secondary N) is 1. The highest BCUT2D eigenvalue weighted by atomic mass is 35.5. The molecule has 0 aliphatic carbocycles. The molecule has 0 spiro atoms. The van der Waals surface area contributed by atoms with E-state index in [0.717, 1.165) is 18.0 Å². The quantitative estimate of drug-likeness (QED) is 0.261. The first kappa shape index (κ1) is 25.9. The first-order valence-electron chi connectivity index (χ1n) is 11.2. The number of fused-ring (bicyclic) bond motifs is 1. The summed E-state index contributed by atoms with van der Waals surface area (Å²) in [5, 5.41) is -0.397. The van der Waals surface area contributed by atoms with Crippen LogP contribution < -0.4 is 9.46 Å². The number of hydrogen-bond acceptors (Lipinski definition) is 6. The van der Waals surface area contributed by atoms with Gasteiger partial charge in [-0.2, -0.15) is 0 Å². The molecule has 0 saturated heterocycles. The van der Waals surface area contributed by atoms with Gasteiger partial charge in [0.25, 0.3) is 10.0 Å². The molecule has 4 rings (SSSR count). The largest absolute Gasteiger partial charge is 0.453 e. The number of ether oxygens (including phenoxy) is 1. The van der Waals surface area contributed by atoms with Crippen LogP contribution in [0, 0.1) is 17.7 Å². The lowest BCUT2D eigenvalue weighted by Gasteiger charge is -2.13. The Morgan fingerprint density at radius 3 is 2.58 bits per heavy atom. The van der Waals surface area contributed by atoms with Gasteiger partial charge in [0, 0.05) is 12.3 Å². The third-order valence-corrected chi connectivity index (χ3v) is 8.15. The van der Waals surface area contributed by atoms with Crippen molar-refractivity contribution in [1.82, 2.24) is 9.88 Å². The Balaban J connectivity index is 1.58. The SMILES string of the molecule is CCN(CC)CC#Cc1cc2nccc(Oc3ccc(NS(=O)(=O)c4ccccc4)c(Cl)c3F)c2s1. The molecule has 0 unspecified atom stereocenters. The third-order valence-electron chi connectivity index (χ3n) is 5.35. The van der Waals surface area contributed by atoms with Crippen LogP contribution in [0.3, 0.4) is 0 Å². The van der Waals surface area contributed by atoms with Crippen molar-refractivity contribution in [3.8, 4) is 23.3 Å². The molecule has 0 saturated carbocycles. The third kappa shape index (κ3) is 5.79. The van der Waals surface area contributed by atoms with E-state index >= 15 is 4.39 Å². The van der Waals surface area contributed by atoms with E-state index in [0.29, 0.717) is 22.5 Å². The lowest BCUT2D eigenvalue weighted by atomic mass is 10.3. The highest BCUT2D eigenvalue weighted by Gasteiger charge is 2.20. The van der Waals surface area contributed by atoms with Gasteiger partial charge < -0.3 is 4.74 Å². The second-order valence-corrected chi connectivity index (χ2v) is 10.8. The molecule has 186 valence electrons. The summed E-state index contributed by atoms with van der Waals surface area (Å²) in [6, 6.07) is 13.9. The Labute approximate surface area is 218 Å². The smallest absolute Gasteiger partial charge is 0.261 e. The molecule has 2 aromatic heterocycles. The Kier molecular flexibility index (Phi) is 8.11. The van der Waals surface area contributed by atoms with Gasteiger partial charge in [-0.25, -0.2) is 12.8 Å². The number of aromatic nitrogens is 1. The molecule has 0 amide bonds. The van der Waals surface area contributed by atoms with Crippen molar-refractivity contribution in [2.24, 2.45) is 0 Å². The standard InChI is InChI=1S/C26H23ClFN3O3S2/c1-3-31(4-2)16-8-9-18-17-21-26(35-18)23(14-15-29-21)34-22-13-12-20(24(27)25(22)28)30-36(32,33)19-10-6-5-7-11-19/h5-7,10-15,17,30H,3-4,16H2,1-2H3. The normalized spacial score (nSPS) is 11.4. The van der Waals surface area contributed by atoms with Crippen LogP contribution in [0.1, 0.15) is 18.7 Å². The topological polar surface area (TPSA) is 71.5 Å². The molecule has 0 aliphatic heterocycles. The summed E-state index contributed by atoms with van der Waals surface area (Å²) in [7, 11) is -3.93. The number of nitrogens with zero attached hydrogens (tertiary/aromatic N) is 2. The number of rotatable bonds is 8. The Morgan fingerprint density at radius 2 is 1.86 bits per heavy atom. The van der Waals surface area contributed by atoms with Gasteiger partial charge in [-0.15, -0.1) is 11.3 Å². The average Bonchev–Trinajstić information content (AvgIpc) is 3.31. The summed E-state index contributed by atoms with van der Waals surface area (Å²) in [6.45, 7) is 6.71. The Hall–Kier alpha value is -3.16. The van der Waals surface area contributed by atoms with Crippen molar-refractivity contribution in [3.05, 3.63) is 76.5 Å². The molecule has 0 radical (unpaired) electrons. The van der Waals surface area contributed by atoms with Gasteiger partial charge >= 0.3 is 0 Å². The van der Waals surface area contributed by atoms with Crippen LogP contribution in [-0.4, -0.2) is 37.9 Å². The molecular formula is C26H23ClFN3O3S2. The summed E-state index contributed by atoms with van der Waals surface area (Å²) >= 11 is 7.58. The molecule has 4 aromatic rings. The highest BCUT2D eigenvalue weighted by Crippen LogP contribution is 2.39. The fourth-order valence-corrected chi connectivity index (χ4v) is 5.65. The van der Waals surface area contributed by atoms with Crippen LogP contribution in [0.25, 0.3) is 10.2 Å². The van der Waals surface area contributed by atoms with E-state index < -0.39 is 20.9 Å². The number of halogens is 2. The van der Waals surface area contributed by atoms with Gasteiger partial charge in [0.2, 0.25) is 0 Å². The molecule has 2 heterocycles. The summed E-state index contributed by atoms with van der Waals surface area (Å²) in [5.74, 6) is 5.70. The van der Waals surface area contributed by atoms with Crippen molar-refractivity contribution in [2.75, 3.05) is 24.4 Å². The lowest BCUT2D eigenvalue weighted by Crippen LogP contribution is -2.22. The lowest BCUT2D eigenvalue weighted by molar-refractivity contribution is 0.342. The summed E-state index contributed by atoms with van der Waals surface area (Å²) in [4.78, 5) is 7.43. The molecule has 0 aliphatic rings. The number of anilines is 1. The van der Waals surface area contributed by atoms with Crippen LogP contribution in [-0.2, 0) is 10.0 Å². The van der Waals surface area contributed by atoms with E-state index in [1.807, 2.05) is 6.07 Å². The van der Waals surface area contributed by atoms with Crippen molar-refractivity contribution in [2.45, 2.75) is 18.7 Å². The van der Waals surface area contributed by atoms with Crippen LogP contribution in [0.15, 0.2) is 65.7 Å². The second-order valence-electron chi connectivity index (χ2n) is 7.66. The first-order chi connectivity index (χ1) is 17.3. The van der Waals surface area contributed by atoms with Gasteiger partial charge in [-0.1, -0.05) is 55.5 Å². The van der Waals surface area contributed by atoms with Gasteiger partial charge in [0.1, 0.15) is 10.8 Å². The first-order valence-corrected chi connectivity index (χ1v) is 13.8. The number of benzene rings is 2. The van der Waals surface area contributed by atoms with Gasteiger partial charge in [-0.05, 0) is 43.4 Å². The Bertz CT molecular complexity index is 1540.